The summed E-state index contributed by atoms with van der Waals surface area (Å²) in [5.74, 6) is -0.971. The van der Waals surface area contributed by atoms with E-state index in [0.29, 0.717) is 25.3 Å². The Morgan fingerprint density at radius 3 is 2.70 bits per heavy atom. The van der Waals surface area contributed by atoms with Crippen molar-refractivity contribution in [1.29, 1.82) is 0 Å². The number of hydrogen-bond donors (Lipinski definition) is 2. The predicted octanol–water partition coefficient (Wildman–Crippen LogP) is 1.23. The molecule has 0 radical (unpaired) electrons. The van der Waals surface area contributed by atoms with Crippen LogP contribution in [0.4, 0.5) is 4.79 Å². The van der Waals surface area contributed by atoms with Crippen molar-refractivity contribution in [2.45, 2.75) is 38.7 Å². The molecule has 0 bridgehead atoms. The van der Waals surface area contributed by atoms with Gasteiger partial charge in [0.2, 0.25) is 0 Å². The Morgan fingerprint density at radius 2 is 2.15 bits per heavy atom. The minimum absolute atomic E-state index is 0.0388. The number of aromatic carboxylic acids is 1. The maximum absolute atomic E-state index is 11.9. The third kappa shape index (κ3) is 3.25. The molecule has 1 amide bonds. The summed E-state index contributed by atoms with van der Waals surface area (Å²) in [4.78, 5) is 28.2. The molecule has 110 valence electrons. The number of rotatable bonds is 2. The number of carbonyl (C=O) groups excluding carboxylic acids is 1. The van der Waals surface area contributed by atoms with Gasteiger partial charge < -0.3 is 14.7 Å². The van der Waals surface area contributed by atoms with Crippen LogP contribution < -0.4 is 0 Å². The van der Waals surface area contributed by atoms with Crippen LogP contribution in [-0.4, -0.2) is 55.9 Å². The standard InChI is InChI=1S/C12H18N4O4/c1-12(2,3)20-11(19)16-5-4-7(6-16)8-13-9(10(17)18)15-14-8/h7H,4-6H2,1-3H3,(H,17,18)(H,13,14,15)/t7-/m1/s1. The van der Waals surface area contributed by atoms with E-state index in [1.54, 1.807) is 4.90 Å². The molecule has 0 aliphatic carbocycles. The number of nitrogens with zero attached hydrogens (tertiary/aromatic N) is 3. The van der Waals surface area contributed by atoms with Gasteiger partial charge in [0.05, 0.1) is 0 Å². The monoisotopic (exact) mass is 282 g/mol. The quantitative estimate of drug-likeness (QED) is 0.844. The molecule has 1 atom stereocenters. The average molecular weight is 282 g/mol. The van der Waals surface area contributed by atoms with Gasteiger partial charge in [-0.25, -0.2) is 14.6 Å². The van der Waals surface area contributed by atoms with Gasteiger partial charge >= 0.3 is 12.1 Å². The fraction of sp³-hybridized carbons (Fsp3) is 0.667. The van der Waals surface area contributed by atoms with Crippen LogP contribution in [0.1, 0.15) is 49.6 Å². The van der Waals surface area contributed by atoms with Crippen molar-refractivity contribution in [3.63, 3.8) is 0 Å². The molecule has 1 fully saturated rings. The molecule has 1 aliphatic rings. The smallest absolute Gasteiger partial charge is 0.410 e. The summed E-state index contributed by atoms with van der Waals surface area (Å²) in [7, 11) is 0. The first-order valence-corrected chi connectivity index (χ1v) is 6.40. The summed E-state index contributed by atoms with van der Waals surface area (Å²) >= 11 is 0. The van der Waals surface area contributed by atoms with Gasteiger partial charge in [0.15, 0.2) is 0 Å². The van der Waals surface area contributed by atoms with Crippen molar-refractivity contribution < 1.29 is 19.4 Å². The molecule has 2 N–H and O–H groups in total. The van der Waals surface area contributed by atoms with Crippen LogP contribution in [0.2, 0.25) is 0 Å². The Labute approximate surface area is 116 Å². The number of carboxylic acid groups (broad SMARTS) is 1. The SMILES string of the molecule is CC(C)(C)OC(=O)N1CC[C@@H](c2nc(C(=O)O)n[nH]2)C1. The summed E-state index contributed by atoms with van der Waals surface area (Å²) in [6.07, 6.45) is 0.339. The van der Waals surface area contributed by atoms with Gasteiger partial charge in [-0.2, -0.15) is 0 Å². The van der Waals surface area contributed by atoms with E-state index >= 15 is 0 Å². The Balaban J connectivity index is 1.98. The van der Waals surface area contributed by atoms with E-state index in [-0.39, 0.29) is 17.8 Å². The molecular weight excluding hydrogens is 264 g/mol. The third-order valence-corrected chi connectivity index (χ3v) is 2.92. The number of amides is 1. The molecule has 2 heterocycles. The van der Waals surface area contributed by atoms with E-state index in [1.807, 2.05) is 20.8 Å². The number of carboxylic acids is 1. The lowest BCUT2D eigenvalue weighted by atomic mass is 10.1. The van der Waals surface area contributed by atoms with Crippen molar-refractivity contribution in [3.8, 4) is 0 Å². The number of aromatic nitrogens is 3. The van der Waals surface area contributed by atoms with Crippen molar-refractivity contribution in [2.75, 3.05) is 13.1 Å². The van der Waals surface area contributed by atoms with Crippen LogP contribution in [0.15, 0.2) is 0 Å². The maximum Gasteiger partial charge on any atom is 0.410 e. The van der Waals surface area contributed by atoms with Gasteiger partial charge in [0, 0.05) is 19.0 Å². The van der Waals surface area contributed by atoms with E-state index in [1.165, 1.54) is 0 Å². The highest BCUT2D eigenvalue weighted by atomic mass is 16.6. The van der Waals surface area contributed by atoms with Crippen molar-refractivity contribution >= 4 is 12.1 Å². The molecule has 1 saturated heterocycles. The highest BCUT2D eigenvalue weighted by Crippen LogP contribution is 2.25. The van der Waals surface area contributed by atoms with Crippen LogP contribution in [-0.2, 0) is 4.74 Å². The second kappa shape index (κ2) is 5.10. The number of H-pyrrole nitrogens is 1. The van der Waals surface area contributed by atoms with Gasteiger partial charge in [-0.1, -0.05) is 0 Å². The van der Waals surface area contributed by atoms with Gasteiger partial charge in [0.1, 0.15) is 11.4 Å². The molecule has 1 aromatic heterocycles. The summed E-state index contributed by atoms with van der Waals surface area (Å²) in [5, 5.41) is 15.0. The summed E-state index contributed by atoms with van der Waals surface area (Å²) in [6.45, 7) is 6.45. The molecule has 0 saturated carbocycles. The molecule has 0 spiro atoms. The van der Waals surface area contributed by atoms with Crippen LogP contribution in [0.5, 0.6) is 0 Å². The number of ether oxygens (including phenoxy) is 1. The van der Waals surface area contributed by atoms with E-state index in [2.05, 4.69) is 15.2 Å². The fourth-order valence-electron chi connectivity index (χ4n) is 2.03. The van der Waals surface area contributed by atoms with Crippen LogP contribution in [0.3, 0.4) is 0 Å². The minimum atomic E-state index is -1.17. The Bertz CT molecular complexity index is 520. The summed E-state index contributed by atoms with van der Waals surface area (Å²) < 4.78 is 5.30. The van der Waals surface area contributed by atoms with E-state index in [4.69, 9.17) is 9.84 Å². The zero-order valence-electron chi connectivity index (χ0n) is 11.7. The lowest BCUT2D eigenvalue weighted by molar-refractivity contribution is 0.0292. The van der Waals surface area contributed by atoms with E-state index in [9.17, 15) is 9.59 Å². The fourth-order valence-corrected chi connectivity index (χ4v) is 2.03. The molecule has 20 heavy (non-hydrogen) atoms. The molecule has 2 rings (SSSR count). The number of hydrogen-bond acceptors (Lipinski definition) is 5. The largest absolute Gasteiger partial charge is 0.475 e. The van der Waals surface area contributed by atoms with Crippen LogP contribution in [0.25, 0.3) is 0 Å². The number of carbonyl (C=O) groups is 2. The normalized spacial score (nSPS) is 19.1. The second-order valence-electron chi connectivity index (χ2n) is 5.76. The molecule has 8 heteroatoms. The zero-order chi connectivity index (χ0) is 14.9. The van der Waals surface area contributed by atoms with Crippen LogP contribution in [0, 0.1) is 0 Å². The Morgan fingerprint density at radius 1 is 1.45 bits per heavy atom. The molecular formula is C12H18N4O4. The number of aromatic amines is 1. The average Bonchev–Trinajstić information content (AvgIpc) is 2.95. The van der Waals surface area contributed by atoms with E-state index in [0.717, 1.165) is 0 Å². The highest BCUT2D eigenvalue weighted by Gasteiger charge is 2.32. The Kier molecular flexibility index (Phi) is 3.65. The Hall–Kier alpha value is -2.12. The summed E-state index contributed by atoms with van der Waals surface area (Å²) in [6, 6.07) is 0. The first-order valence-electron chi connectivity index (χ1n) is 6.40. The number of nitrogens with one attached hydrogen (secondary N) is 1. The topological polar surface area (TPSA) is 108 Å². The number of likely N-dealkylation sites (tertiary alicyclic amines) is 1. The van der Waals surface area contributed by atoms with Gasteiger partial charge in [-0.05, 0) is 27.2 Å². The first-order chi connectivity index (χ1) is 9.26. The molecule has 0 aromatic carbocycles. The molecule has 8 nitrogen and oxygen atoms in total. The van der Waals surface area contributed by atoms with Gasteiger partial charge in [0.25, 0.3) is 5.82 Å². The molecule has 0 unspecified atom stereocenters. The van der Waals surface area contributed by atoms with Crippen molar-refractivity contribution in [2.24, 2.45) is 0 Å². The minimum Gasteiger partial charge on any atom is -0.475 e. The molecule has 1 aliphatic heterocycles. The lowest BCUT2D eigenvalue weighted by Crippen LogP contribution is -2.35. The van der Waals surface area contributed by atoms with Gasteiger partial charge in [-0.3, -0.25) is 5.10 Å². The highest BCUT2D eigenvalue weighted by molar-refractivity contribution is 5.82. The third-order valence-electron chi connectivity index (χ3n) is 2.92. The second-order valence-corrected chi connectivity index (χ2v) is 5.76. The lowest BCUT2D eigenvalue weighted by Gasteiger charge is -2.24. The van der Waals surface area contributed by atoms with Crippen molar-refractivity contribution in [1.82, 2.24) is 20.1 Å². The van der Waals surface area contributed by atoms with Gasteiger partial charge in [-0.15, -0.1) is 5.10 Å². The maximum atomic E-state index is 11.9. The van der Waals surface area contributed by atoms with E-state index < -0.39 is 11.6 Å². The van der Waals surface area contributed by atoms with Crippen molar-refractivity contribution in [3.05, 3.63) is 11.6 Å². The van der Waals surface area contributed by atoms with Crippen LogP contribution >= 0.6 is 0 Å². The first kappa shape index (κ1) is 14.3. The zero-order valence-corrected chi connectivity index (χ0v) is 11.7. The summed E-state index contributed by atoms with van der Waals surface area (Å²) in [5.41, 5.74) is -0.530. The molecule has 1 aromatic rings. The predicted molar refractivity (Wildman–Crippen MR) is 68.5 cm³/mol.